The minimum Gasteiger partial charge on any atom is -0.478 e. The largest absolute Gasteiger partial charge is 0.478 e. The van der Waals surface area contributed by atoms with Crippen molar-refractivity contribution in [2.45, 2.75) is 46.7 Å². The maximum Gasteiger partial charge on any atom is 0.337 e. The van der Waals surface area contributed by atoms with Gasteiger partial charge in [-0.05, 0) is 87.7 Å². The molecule has 1 N–H and O–H groups in total. The number of halogens is 3. The number of nitrogens with zero attached hydrogens (tertiary/aromatic N) is 6. The van der Waals surface area contributed by atoms with Crippen molar-refractivity contribution in [1.82, 2.24) is 24.4 Å². The quantitative estimate of drug-likeness (QED) is 0.204. The highest BCUT2D eigenvalue weighted by Gasteiger charge is 2.38. The third-order valence-corrected chi connectivity index (χ3v) is 8.99. The number of hydrogen-bond donors (Lipinski definition) is 1. The van der Waals surface area contributed by atoms with E-state index in [1.807, 2.05) is 54.6 Å². The molecule has 5 aromatic rings. The number of carboxylic acids is 1. The van der Waals surface area contributed by atoms with E-state index in [0.29, 0.717) is 60.2 Å². The van der Waals surface area contributed by atoms with Crippen molar-refractivity contribution >= 4 is 52.7 Å². The average Bonchev–Trinajstić information content (AvgIpc) is 3.35. The van der Waals surface area contributed by atoms with E-state index in [1.165, 1.54) is 12.1 Å². The molecule has 1 saturated heterocycles. The zero-order valence-electron chi connectivity index (χ0n) is 26.7. The van der Waals surface area contributed by atoms with Gasteiger partial charge in [0.15, 0.2) is 0 Å². The van der Waals surface area contributed by atoms with Crippen molar-refractivity contribution in [2.75, 3.05) is 24.5 Å². The Bertz CT molecular complexity index is 2010. The summed E-state index contributed by atoms with van der Waals surface area (Å²) in [5.74, 6) is -1.02. The first-order valence-electron chi connectivity index (χ1n) is 15.0. The second-order valence-electron chi connectivity index (χ2n) is 12.4. The van der Waals surface area contributed by atoms with Crippen LogP contribution < -0.4 is 4.90 Å². The molecular formula is C35H35Cl2FN6O3. The Balaban J connectivity index is 0.00000433. The van der Waals surface area contributed by atoms with Crippen molar-refractivity contribution in [3.63, 3.8) is 0 Å². The summed E-state index contributed by atoms with van der Waals surface area (Å²) in [6.45, 7) is 11.3. The minimum absolute atomic E-state index is 0. The molecule has 0 aliphatic carbocycles. The Labute approximate surface area is 283 Å². The van der Waals surface area contributed by atoms with E-state index < -0.39 is 17.3 Å². The Hall–Kier alpha value is -4.54. The first-order valence-corrected chi connectivity index (χ1v) is 15.4. The number of carbonyl (C=O) groups is 2. The predicted molar refractivity (Wildman–Crippen MR) is 183 cm³/mol. The first-order chi connectivity index (χ1) is 21.8. The Morgan fingerprint density at radius 2 is 1.79 bits per heavy atom. The van der Waals surface area contributed by atoms with Gasteiger partial charge in [-0.25, -0.2) is 19.2 Å². The summed E-state index contributed by atoms with van der Waals surface area (Å²) < 4.78 is 16.4. The van der Waals surface area contributed by atoms with Crippen LogP contribution in [0.25, 0.3) is 22.2 Å². The molecule has 0 saturated carbocycles. The van der Waals surface area contributed by atoms with Gasteiger partial charge in [0, 0.05) is 43.0 Å². The molecule has 6 rings (SSSR count). The molecule has 4 aromatic heterocycles. The van der Waals surface area contributed by atoms with E-state index in [-0.39, 0.29) is 28.9 Å². The standard InChI is InChI=1S/C35H34ClFN6O3.ClH/c1-20-7-6-12-38-29(20)18-42-17-25(23-8-10-26(36)27(37)16-23)24-9-11-28(40-32(24)42)33(44)43-14-13-41(19-35(43,4)5)30-15-21(2)31(34(45)46)22(3)39-30;/h6-12,15-17H,13-14,18-19H2,1-5H3,(H,45,46);1H. The van der Waals surface area contributed by atoms with Crippen LogP contribution in [0.3, 0.4) is 0 Å². The number of carboxylic acid groups (broad SMARTS) is 1. The van der Waals surface area contributed by atoms with Crippen LogP contribution in [0.4, 0.5) is 10.2 Å². The van der Waals surface area contributed by atoms with Gasteiger partial charge in [-0.15, -0.1) is 12.4 Å². The van der Waals surface area contributed by atoms with Gasteiger partial charge in [-0.2, -0.15) is 0 Å². The molecule has 47 heavy (non-hydrogen) atoms. The fourth-order valence-corrected chi connectivity index (χ4v) is 6.42. The number of rotatable bonds is 6. The van der Waals surface area contributed by atoms with Crippen LogP contribution in [0.15, 0.2) is 60.9 Å². The smallest absolute Gasteiger partial charge is 0.337 e. The topological polar surface area (TPSA) is 104 Å². The number of benzene rings is 1. The lowest BCUT2D eigenvalue weighted by molar-refractivity contribution is 0.0507. The number of pyridine rings is 3. The highest BCUT2D eigenvalue weighted by Crippen LogP contribution is 2.34. The van der Waals surface area contributed by atoms with Gasteiger partial charge in [-0.3, -0.25) is 9.78 Å². The van der Waals surface area contributed by atoms with Crippen LogP contribution in [-0.2, 0) is 6.54 Å². The van der Waals surface area contributed by atoms with Crippen LogP contribution in [0.5, 0.6) is 0 Å². The molecule has 1 fully saturated rings. The van der Waals surface area contributed by atoms with Crippen LogP contribution in [0.2, 0.25) is 5.02 Å². The number of fused-ring (bicyclic) bond motifs is 1. The molecule has 9 nitrogen and oxygen atoms in total. The van der Waals surface area contributed by atoms with Crippen molar-refractivity contribution in [2.24, 2.45) is 0 Å². The number of aryl methyl sites for hydroxylation is 3. The number of aromatic carboxylic acids is 1. The van der Waals surface area contributed by atoms with E-state index >= 15 is 0 Å². The number of aromatic nitrogens is 4. The lowest BCUT2D eigenvalue weighted by atomic mass is 9.97. The Kier molecular flexibility index (Phi) is 9.30. The van der Waals surface area contributed by atoms with Crippen molar-refractivity contribution in [1.29, 1.82) is 0 Å². The summed E-state index contributed by atoms with van der Waals surface area (Å²) >= 11 is 5.97. The molecule has 244 valence electrons. The van der Waals surface area contributed by atoms with Crippen molar-refractivity contribution < 1.29 is 19.1 Å². The van der Waals surface area contributed by atoms with E-state index in [4.69, 9.17) is 16.6 Å². The number of piperazine rings is 1. The molecule has 1 aromatic carbocycles. The number of amides is 1. The molecule has 0 bridgehead atoms. The summed E-state index contributed by atoms with van der Waals surface area (Å²) in [5.41, 5.74) is 4.93. The summed E-state index contributed by atoms with van der Waals surface area (Å²) in [7, 11) is 0. The molecule has 0 radical (unpaired) electrons. The molecule has 5 heterocycles. The van der Waals surface area contributed by atoms with Gasteiger partial charge < -0.3 is 19.5 Å². The van der Waals surface area contributed by atoms with Crippen LogP contribution in [0, 0.1) is 26.6 Å². The van der Waals surface area contributed by atoms with E-state index in [0.717, 1.165) is 22.2 Å². The van der Waals surface area contributed by atoms with Gasteiger partial charge >= 0.3 is 5.97 Å². The molecule has 1 aliphatic rings. The van der Waals surface area contributed by atoms with Crippen LogP contribution >= 0.6 is 24.0 Å². The van der Waals surface area contributed by atoms with Gasteiger partial charge in [0.1, 0.15) is 23.0 Å². The fourth-order valence-electron chi connectivity index (χ4n) is 6.30. The highest BCUT2D eigenvalue weighted by molar-refractivity contribution is 6.30. The molecule has 0 spiro atoms. The lowest BCUT2D eigenvalue weighted by Crippen LogP contribution is -2.61. The van der Waals surface area contributed by atoms with E-state index in [1.54, 1.807) is 38.2 Å². The van der Waals surface area contributed by atoms with Gasteiger partial charge in [0.25, 0.3) is 5.91 Å². The minimum atomic E-state index is -0.997. The third kappa shape index (κ3) is 6.40. The van der Waals surface area contributed by atoms with Gasteiger partial charge in [0.05, 0.1) is 34.1 Å². The summed E-state index contributed by atoms with van der Waals surface area (Å²) in [5, 5.41) is 10.4. The Morgan fingerprint density at radius 1 is 1.02 bits per heavy atom. The molecule has 12 heteroatoms. The molecular weight excluding hydrogens is 642 g/mol. The maximum absolute atomic E-state index is 14.5. The molecule has 0 unspecified atom stereocenters. The Morgan fingerprint density at radius 3 is 2.45 bits per heavy atom. The molecule has 1 amide bonds. The molecule has 1 aliphatic heterocycles. The first kappa shape index (κ1) is 33.8. The highest BCUT2D eigenvalue weighted by atomic mass is 35.5. The lowest BCUT2D eigenvalue weighted by Gasteiger charge is -2.47. The summed E-state index contributed by atoms with van der Waals surface area (Å²) in [4.78, 5) is 43.7. The maximum atomic E-state index is 14.5. The van der Waals surface area contributed by atoms with E-state index in [2.05, 4.69) is 14.9 Å². The molecule has 0 atom stereocenters. The van der Waals surface area contributed by atoms with Crippen LogP contribution in [0.1, 0.15) is 57.2 Å². The van der Waals surface area contributed by atoms with Gasteiger partial charge in [-0.1, -0.05) is 23.7 Å². The van der Waals surface area contributed by atoms with Crippen molar-refractivity contribution in [3.8, 4) is 11.1 Å². The van der Waals surface area contributed by atoms with Crippen molar-refractivity contribution in [3.05, 3.63) is 106 Å². The second-order valence-corrected chi connectivity index (χ2v) is 12.8. The predicted octanol–water partition coefficient (Wildman–Crippen LogP) is 7.12. The van der Waals surface area contributed by atoms with Gasteiger partial charge in [0.2, 0.25) is 0 Å². The normalized spacial score (nSPS) is 14.3. The monoisotopic (exact) mass is 676 g/mol. The third-order valence-electron chi connectivity index (χ3n) is 8.68. The summed E-state index contributed by atoms with van der Waals surface area (Å²) in [6, 6.07) is 14.0. The fraction of sp³-hybridized carbons (Fsp3) is 0.286. The number of hydrogen-bond acceptors (Lipinski definition) is 6. The number of carbonyl (C=O) groups excluding carboxylic acids is 1. The van der Waals surface area contributed by atoms with E-state index in [9.17, 15) is 19.1 Å². The SMILES string of the molecule is Cc1cccnc1Cn1cc(-c2ccc(Cl)c(F)c2)c2ccc(C(=O)N3CCN(c4cc(C)c(C(=O)O)c(C)n4)CC3(C)C)nc21.Cl. The zero-order valence-corrected chi connectivity index (χ0v) is 28.3. The summed E-state index contributed by atoms with van der Waals surface area (Å²) in [6.07, 6.45) is 3.66. The van der Waals surface area contributed by atoms with Crippen LogP contribution in [-0.4, -0.2) is 66.6 Å². The average molecular weight is 678 g/mol. The zero-order chi connectivity index (χ0) is 32.9. The second kappa shape index (κ2) is 12.9. The number of anilines is 1.